The van der Waals surface area contributed by atoms with Crippen LogP contribution in [0.4, 0.5) is 5.69 Å². The Morgan fingerprint density at radius 1 is 1.29 bits per heavy atom. The molecule has 90 valence electrons. The van der Waals surface area contributed by atoms with Gasteiger partial charge < -0.3 is 5.73 Å². The molecule has 2 N–H and O–H groups in total. The van der Waals surface area contributed by atoms with Crippen LogP contribution in [0.25, 0.3) is 11.4 Å². The predicted molar refractivity (Wildman–Crippen MR) is 67.3 cm³/mol. The standard InChI is InChI=1S/C12H17N5/c1-3-4-9(2)17-12(14-15-16-17)10-5-7-11(13)8-6-10/h5-9H,3-4,13H2,1-2H3. The van der Waals surface area contributed by atoms with Gasteiger partial charge in [0.05, 0.1) is 6.04 Å². The van der Waals surface area contributed by atoms with Crippen molar-refractivity contribution >= 4 is 5.69 Å². The Balaban J connectivity index is 2.33. The molecule has 5 nitrogen and oxygen atoms in total. The fourth-order valence-corrected chi connectivity index (χ4v) is 1.85. The maximum atomic E-state index is 5.67. The second-order valence-electron chi connectivity index (χ2n) is 4.21. The van der Waals surface area contributed by atoms with E-state index >= 15 is 0 Å². The number of hydrogen-bond donors (Lipinski definition) is 1. The van der Waals surface area contributed by atoms with Gasteiger partial charge in [-0.25, -0.2) is 4.68 Å². The van der Waals surface area contributed by atoms with E-state index < -0.39 is 0 Å². The maximum absolute atomic E-state index is 5.67. The Morgan fingerprint density at radius 2 is 2.00 bits per heavy atom. The summed E-state index contributed by atoms with van der Waals surface area (Å²) in [5.41, 5.74) is 7.40. The van der Waals surface area contributed by atoms with Crippen LogP contribution < -0.4 is 5.73 Å². The number of nitrogens with two attached hydrogens (primary N) is 1. The molecule has 1 atom stereocenters. The normalized spacial score (nSPS) is 12.6. The van der Waals surface area contributed by atoms with Gasteiger partial charge in [0.15, 0.2) is 5.82 Å². The van der Waals surface area contributed by atoms with Gasteiger partial charge in [-0.15, -0.1) is 5.10 Å². The fraction of sp³-hybridized carbons (Fsp3) is 0.417. The largest absolute Gasteiger partial charge is 0.399 e. The summed E-state index contributed by atoms with van der Waals surface area (Å²) in [5.74, 6) is 0.797. The van der Waals surface area contributed by atoms with E-state index in [1.54, 1.807) is 0 Å². The molecule has 0 saturated carbocycles. The zero-order chi connectivity index (χ0) is 12.3. The number of aromatic nitrogens is 4. The van der Waals surface area contributed by atoms with E-state index in [1.165, 1.54) is 0 Å². The molecule has 1 aromatic carbocycles. The van der Waals surface area contributed by atoms with Crippen molar-refractivity contribution in [3.05, 3.63) is 24.3 Å². The molecule has 0 radical (unpaired) electrons. The molecule has 2 rings (SSSR count). The first kappa shape index (κ1) is 11.6. The van der Waals surface area contributed by atoms with Crippen molar-refractivity contribution in [2.24, 2.45) is 0 Å². The van der Waals surface area contributed by atoms with Crippen LogP contribution in [0.3, 0.4) is 0 Å². The van der Waals surface area contributed by atoms with Gasteiger partial charge in [-0.3, -0.25) is 0 Å². The van der Waals surface area contributed by atoms with Crippen LogP contribution in [0.1, 0.15) is 32.7 Å². The monoisotopic (exact) mass is 231 g/mol. The molecule has 0 saturated heterocycles. The number of anilines is 1. The van der Waals surface area contributed by atoms with Crippen LogP contribution in [0, 0.1) is 0 Å². The minimum atomic E-state index is 0.308. The zero-order valence-corrected chi connectivity index (χ0v) is 10.2. The first-order chi connectivity index (χ1) is 8.22. The van der Waals surface area contributed by atoms with Crippen molar-refractivity contribution < 1.29 is 0 Å². The highest BCUT2D eigenvalue weighted by molar-refractivity contribution is 5.58. The number of rotatable bonds is 4. The van der Waals surface area contributed by atoms with Gasteiger partial charge in [-0.1, -0.05) is 13.3 Å². The van der Waals surface area contributed by atoms with E-state index in [-0.39, 0.29) is 0 Å². The summed E-state index contributed by atoms with van der Waals surface area (Å²) >= 11 is 0. The number of hydrogen-bond acceptors (Lipinski definition) is 4. The van der Waals surface area contributed by atoms with Crippen LogP contribution in [0.5, 0.6) is 0 Å². The highest BCUT2D eigenvalue weighted by atomic mass is 15.5. The molecule has 0 amide bonds. The third-order valence-electron chi connectivity index (χ3n) is 2.79. The third-order valence-corrected chi connectivity index (χ3v) is 2.79. The van der Waals surface area contributed by atoms with Gasteiger partial charge >= 0.3 is 0 Å². The van der Waals surface area contributed by atoms with E-state index in [4.69, 9.17) is 5.73 Å². The number of nitrogen functional groups attached to an aromatic ring is 1. The number of nitrogens with zero attached hydrogens (tertiary/aromatic N) is 4. The molecule has 0 fully saturated rings. The lowest BCUT2D eigenvalue weighted by atomic mass is 10.1. The van der Waals surface area contributed by atoms with Crippen molar-refractivity contribution in [2.45, 2.75) is 32.7 Å². The van der Waals surface area contributed by atoms with E-state index in [0.717, 1.165) is 29.9 Å². The van der Waals surface area contributed by atoms with Crippen LogP contribution in [0.15, 0.2) is 24.3 Å². The van der Waals surface area contributed by atoms with Crippen molar-refractivity contribution in [2.75, 3.05) is 5.73 Å². The minimum Gasteiger partial charge on any atom is -0.399 e. The van der Waals surface area contributed by atoms with Gasteiger partial charge in [0, 0.05) is 11.3 Å². The highest BCUT2D eigenvalue weighted by Gasteiger charge is 2.13. The summed E-state index contributed by atoms with van der Waals surface area (Å²) in [7, 11) is 0. The SMILES string of the molecule is CCCC(C)n1nnnc1-c1ccc(N)cc1. The fourth-order valence-electron chi connectivity index (χ4n) is 1.85. The summed E-state index contributed by atoms with van der Waals surface area (Å²) < 4.78 is 1.87. The van der Waals surface area contributed by atoms with Crippen molar-refractivity contribution in [1.82, 2.24) is 20.2 Å². The zero-order valence-electron chi connectivity index (χ0n) is 10.2. The van der Waals surface area contributed by atoms with Crippen LogP contribution in [-0.4, -0.2) is 20.2 Å². The first-order valence-corrected chi connectivity index (χ1v) is 5.86. The van der Waals surface area contributed by atoms with Crippen LogP contribution in [-0.2, 0) is 0 Å². The number of benzene rings is 1. The molecular formula is C12H17N5. The Labute approximate surface area is 101 Å². The van der Waals surface area contributed by atoms with Gasteiger partial charge in [-0.05, 0) is 48.0 Å². The van der Waals surface area contributed by atoms with E-state index in [1.807, 2.05) is 28.9 Å². The average molecular weight is 231 g/mol. The Hall–Kier alpha value is -1.91. The quantitative estimate of drug-likeness (QED) is 0.819. The Kier molecular flexibility index (Phi) is 3.37. The van der Waals surface area contributed by atoms with Crippen molar-refractivity contribution in [3.8, 4) is 11.4 Å². The second-order valence-corrected chi connectivity index (χ2v) is 4.21. The summed E-state index contributed by atoms with van der Waals surface area (Å²) in [4.78, 5) is 0. The molecule has 0 spiro atoms. The molecule has 1 unspecified atom stereocenters. The van der Waals surface area contributed by atoms with Crippen molar-refractivity contribution in [3.63, 3.8) is 0 Å². The molecule has 0 aliphatic heterocycles. The molecule has 2 aromatic rings. The molecule has 1 heterocycles. The van der Waals surface area contributed by atoms with E-state index in [9.17, 15) is 0 Å². The predicted octanol–water partition coefficient (Wildman–Crippen LogP) is 2.28. The highest BCUT2D eigenvalue weighted by Crippen LogP contribution is 2.22. The van der Waals surface area contributed by atoms with Gasteiger partial charge in [-0.2, -0.15) is 0 Å². The minimum absolute atomic E-state index is 0.308. The molecular weight excluding hydrogens is 214 g/mol. The lowest BCUT2D eigenvalue weighted by Gasteiger charge is -2.12. The Bertz CT molecular complexity index is 474. The van der Waals surface area contributed by atoms with Gasteiger partial charge in [0.2, 0.25) is 0 Å². The van der Waals surface area contributed by atoms with Gasteiger partial charge in [0.1, 0.15) is 0 Å². The average Bonchev–Trinajstić information content (AvgIpc) is 2.79. The Morgan fingerprint density at radius 3 is 2.65 bits per heavy atom. The molecule has 0 aliphatic carbocycles. The van der Waals surface area contributed by atoms with Gasteiger partial charge in [0.25, 0.3) is 0 Å². The van der Waals surface area contributed by atoms with Crippen LogP contribution in [0.2, 0.25) is 0 Å². The maximum Gasteiger partial charge on any atom is 0.182 e. The van der Waals surface area contributed by atoms with Crippen LogP contribution >= 0.6 is 0 Å². The molecule has 5 heteroatoms. The summed E-state index contributed by atoms with van der Waals surface area (Å²) in [6.45, 7) is 4.28. The second kappa shape index (κ2) is 4.95. The summed E-state index contributed by atoms with van der Waals surface area (Å²) in [5, 5.41) is 11.9. The topological polar surface area (TPSA) is 69.6 Å². The first-order valence-electron chi connectivity index (χ1n) is 5.86. The van der Waals surface area contributed by atoms with E-state index in [0.29, 0.717) is 6.04 Å². The molecule has 0 aliphatic rings. The lowest BCUT2D eigenvalue weighted by molar-refractivity contribution is 0.447. The lowest BCUT2D eigenvalue weighted by Crippen LogP contribution is -2.08. The summed E-state index contributed by atoms with van der Waals surface area (Å²) in [6.07, 6.45) is 2.18. The summed E-state index contributed by atoms with van der Waals surface area (Å²) in [6, 6.07) is 7.91. The molecule has 1 aromatic heterocycles. The smallest absolute Gasteiger partial charge is 0.182 e. The molecule has 17 heavy (non-hydrogen) atoms. The van der Waals surface area contributed by atoms with E-state index in [2.05, 4.69) is 29.4 Å². The van der Waals surface area contributed by atoms with Crippen molar-refractivity contribution in [1.29, 1.82) is 0 Å². The molecule has 0 bridgehead atoms. The number of tetrazole rings is 1. The third kappa shape index (κ3) is 2.43.